The first-order chi connectivity index (χ1) is 16.1. The summed E-state index contributed by atoms with van der Waals surface area (Å²) < 4.78 is 5.42. The predicted molar refractivity (Wildman–Crippen MR) is 134 cm³/mol. The fourth-order valence-corrected chi connectivity index (χ4v) is 5.91. The van der Waals surface area contributed by atoms with Crippen LogP contribution in [0.15, 0.2) is 84.9 Å². The fourth-order valence-electron chi connectivity index (χ4n) is 5.91. The van der Waals surface area contributed by atoms with Gasteiger partial charge in [-0.3, -0.25) is 0 Å². The van der Waals surface area contributed by atoms with Crippen LogP contribution < -0.4 is 0 Å². The highest BCUT2D eigenvalue weighted by Crippen LogP contribution is 2.45. The molecule has 1 heterocycles. The molecule has 0 amide bonds. The number of benzene rings is 3. The van der Waals surface area contributed by atoms with Crippen LogP contribution >= 0.6 is 0 Å². The van der Waals surface area contributed by atoms with Crippen LogP contribution in [0, 0.1) is 11.8 Å². The highest BCUT2D eigenvalue weighted by atomic mass is 16.5. The molecule has 1 aliphatic carbocycles. The lowest BCUT2D eigenvalue weighted by Gasteiger charge is -2.41. The van der Waals surface area contributed by atoms with E-state index in [1.54, 1.807) is 0 Å². The van der Waals surface area contributed by atoms with Crippen LogP contribution in [0.5, 0.6) is 0 Å². The maximum atomic E-state index is 12.1. The molecule has 1 saturated heterocycles. The summed E-state index contributed by atoms with van der Waals surface area (Å²) in [7, 11) is 0. The van der Waals surface area contributed by atoms with Gasteiger partial charge < -0.3 is 9.84 Å². The Morgan fingerprint density at radius 2 is 1.33 bits per heavy atom. The van der Waals surface area contributed by atoms with E-state index in [0.717, 1.165) is 49.5 Å². The first-order valence-corrected chi connectivity index (χ1v) is 12.6. The number of ether oxygens (including phenoxy) is 1. The molecule has 3 aromatic carbocycles. The maximum absolute atomic E-state index is 12.1. The van der Waals surface area contributed by atoms with Gasteiger partial charge in [0.05, 0.1) is 13.2 Å². The van der Waals surface area contributed by atoms with Gasteiger partial charge in [-0.2, -0.15) is 0 Å². The van der Waals surface area contributed by atoms with Crippen molar-refractivity contribution in [2.75, 3.05) is 13.2 Å². The number of hydrogen-bond acceptors (Lipinski definition) is 2. The van der Waals surface area contributed by atoms with Crippen molar-refractivity contribution in [1.82, 2.24) is 0 Å². The van der Waals surface area contributed by atoms with E-state index in [4.69, 9.17) is 4.74 Å². The lowest BCUT2D eigenvalue weighted by Crippen LogP contribution is -2.43. The molecule has 1 aliphatic heterocycles. The molecule has 172 valence electrons. The molecule has 2 nitrogen and oxygen atoms in total. The summed E-state index contributed by atoms with van der Waals surface area (Å²) in [6.07, 6.45) is 6.91. The Morgan fingerprint density at radius 3 is 1.82 bits per heavy atom. The molecular formula is C31H36O2. The van der Waals surface area contributed by atoms with E-state index in [1.165, 1.54) is 30.4 Å². The molecule has 2 fully saturated rings. The van der Waals surface area contributed by atoms with E-state index in [9.17, 15) is 5.11 Å². The second-order valence-corrected chi connectivity index (χ2v) is 10.5. The Kier molecular flexibility index (Phi) is 6.40. The van der Waals surface area contributed by atoms with Crippen LogP contribution in [0.25, 0.3) is 0 Å². The smallest absolute Gasteiger partial charge is 0.117 e. The highest BCUT2D eigenvalue weighted by Gasteiger charge is 2.41. The van der Waals surface area contributed by atoms with Gasteiger partial charge in [0.15, 0.2) is 0 Å². The number of aliphatic hydroxyl groups is 1. The standard InChI is InChI=1S/C31H36O2/c1-30(22-33-23-30)26-18-14-24(15-19-26)12-13-25-16-20-29(21-17-25)31(32,27-8-4-2-5-9-27)28-10-6-3-7-11-28/h2-11,14-15,18-19,25,29,32H,12-13,16-17,20-23H2,1H3. The largest absolute Gasteiger partial charge is 0.380 e. The van der Waals surface area contributed by atoms with Crippen LogP contribution in [0.2, 0.25) is 0 Å². The van der Waals surface area contributed by atoms with Crippen LogP contribution in [0.1, 0.15) is 61.3 Å². The Bertz CT molecular complexity index is 974. The third-order valence-electron chi connectivity index (χ3n) is 8.20. The van der Waals surface area contributed by atoms with Crippen molar-refractivity contribution in [3.05, 3.63) is 107 Å². The van der Waals surface area contributed by atoms with E-state index in [1.807, 2.05) is 36.4 Å². The third-order valence-corrected chi connectivity index (χ3v) is 8.20. The second kappa shape index (κ2) is 9.44. The third kappa shape index (κ3) is 4.52. The molecule has 1 saturated carbocycles. The zero-order valence-electron chi connectivity index (χ0n) is 19.7. The molecule has 5 rings (SSSR count). The maximum Gasteiger partial charge on any atom is 0.117 e. The van der Waals surface area contributed by atoms with Gasteiger partial charge in [0.25, 0.3) is 0 Å². The molecule has 0 unspecified atom stereocenters. The highest BCUT2D eigenvalue weighted by molar-refractivity contribution is 5.37. The van der Waals surface area contributed by atoms with Gasteiger partial charge in [-0.05, 0) is 59.8 Å². The van der Waals surface area contributed by atoms with Crippen LogP contribution in [0.3, 0.4) is 0 Å². The molecule has 2 aliphatic rings. The number of aryl methyl sites for hydroxylation is 1. The fraction of sp³-hybridized carbons (Fsp3) is 0.419. The van der Waals surface area contributed by atoms with E-state index < -0.39 is 5.60 Å². The lowest BCUT2D eigenvalue weighted by atomic mass is 9.67. The quantitative estimate of drug-likeness (QED) is 0.446. The SMILES string of the molecule is CC1(c2ccc(CCC3CCC(C(O)(c4ccccc4)c4ccccc4)CC3)cc2)COC1. The zero-order chi connectivity index (χ0) is 22.7. The first-order valence-electron chi connectivity index (χ1n) is 12.6. The molecular weight excluding hydrogens is 404 g/mol. The second-order valence-electron chi connectivity index (χ2n) is 10.5. The van der Waals surface area contributed by atoms with Crippen molar-refractivity contribution in [2.45, 2.75) is 56.5 Å². The Hall–Kier alpha value is -2.42. The molecule has 0 spiro atoms. The lowest BCUT2D eigenvalue weighted by molar-refractivity contribution is -0.0500. The van der Waals surface area contributed by atoms with Crippen molar-refractivity contribution in [2.24, 2.45) is 11.8 Å². The Labute approximate surface area is 198 Å². The Morgan fingerprint density at radius 1 is 0.788 bits per heavy atom. The van der Waals surface area contributed by atoms with Gasteiger partial charge in [0.2, 0.25) is 0 Å². The molecule has 2 heteroatoms. The van der Waals surface area contributed by atoms with Gasteiger partial charge in [0.1, 0.15) is 5.60 Å². The predicted octanol–water partition coefficient (Wildman–Crippen LogP) is 6.65. The van der Waals surface area contributed by atoms with E-state index in [-0.39, 0.29) is 11.3 Å². The number of hydrogen-bond donors (Lipinski definition) is 1. The summed E-state index contributed by atoms with van der Waals surface area (Å²) in [4.78, 5) is 0. The minimum absolute atomic E-state index is 0.214. The van der Waals surface area contributed by atoms with Crippen molar-refractivity contribution >= 4 is 0 Å². The van der Waals surface area contributed by atoms with Gasteiger partial charge in [0, 0.05) is 5.41 Å². The van der Waals surface area contributed by atoms with Gasteiger partial charge in [-0.25, -0.2) is 0 Å². The molecule has 0 bridgehead atoms. The summed E-state index contributed by atoms with van der Waals surface area (Å²) in [6, 6.07) is 29.8. The molecule has 0 aromatic heterocycles. The summed E-state index contributed by atoms with van der Waals surface area (Å²) in [5, 5.41) is 12.1. The number of rotatable bonds is 7. The topological polar surface area (TPSA) is 29.5 Å². The molecule has 0 atom stereocenters. The Balaban J connectivity index is 1.21. The van der Waals surface area contributed by atoms with E-state index in [0.29, 0.717) is 0 Å². The van der Waals surface area contributed by atoms with E-state index in [2.05, 4.69) is 55.5 Å². The van der Waals surface area contributed by atoms with Crippen molar-refractivity contribution < 1.29 is 9.84 Å². The molecule has 1 N–H and O–H groups in total. The van der Waals surface area contributed by atoms with Gasteiger partial charge in [-0.15, -0.1) is 0 Å². The van der Waals surface area contributed by atoms with Crippen LogP contribution in [-0.4, -0.2) is 18.3 Å². The van der Waals surface area contributed by atoms with E-state index >= 15 is 0 Å². The summed E-state index contributed by atoms with van der Waals surface area (Å²) in [5.74, 6) is 0.998. The van der Waals surface area contributed by atoms with Crippen molar-refractivity contribution in [3.8, 4) is 0 Å². The molecule has 33 heavy (non-hydrogen) atoms. The van der Waals surface area contributed by atoms with Crippen LogP contribution in [-0.2, 0) is 22.2 Å². The van der Waals surface area contributed by atoms with Crippen LogP contribution in [0.4, 0.5) is 0 Å². The minimum atomic E-state index is -0.912. The van der Waals surface area contributed by atoms with Gasteiger partial charge in [-0.1, -0.05) is 105 Å². The normalized spacial score (nSPS) is 22.5. The summed E-state index contributed by atoms with van der Waals surface area (Å²) in [6.45, 7) is 3.97. The van der Waals surface area contributed by atoms with Gasteiger partial charge >= 0.3 is 0 Å². The first kappa shape index (κ1) is 22.4. The average Bonchev–Trinajstić information content (AvgIpc) is 2.87. The van der Waals surface area contributed by atoms with Crippen molar-refractivity contribution in [3.63, 3.8) is 0 Å². The monoisotopic (exact) mass is 440 g/mol. The summed E-state index contributed by atoms with van der Waals surface area (Å²) >= 11 is 0. The molecule has 0 radical (unpaired) electrons. The zero-order valence-corrected chi connectivity index (χ0v) is 19.7. The molecule has 3 aromatic rings. The van der Waals surface area contributed by atoms with Crippen molar-refractivity contribution in [1.29, 1.82) is 0 Å². The minimum Gasteiger partial charge on any atom is -0.380 e. The average molecular weight is 441 g/mol. The summed E-state index contributed by atoms with van der Waals surface area (Å²) in [5.41, 5.74) is 4.18.